The molecule has 1 aromatic rings. The fraction of sp³-hybridized carbons (Fsp3) is 0.579. The van der Waals surface area contributed by atoms with Crippen LogP contribution in [-0.2, 0) is 9.59 Å². The maximum atomic E-state index is 13.0. The number of anilines is 1. The normalized spacial score (nSPS) is 19.6. The van der Waals surface area contributed by atoms with Gasteiger partial charge in [-0.3, -0.25) is 9.59 Å². The van der Waals surface area contributed by atoms with Gasteiger partial charge in [0.05, 0.1) is 5.41 Å². The van der Waals surface area contributed by atoms with Gasteiger partial charge in [0, 0.05) is 23.2 Å². The highest BCUT2D eigenvalue weighted by Gasteiger charge is 2.42. The van der Waals surface area contributed by atoms with Crippen LogP contribution >= 0.6 is 11.6 Å². The van der Waals surface area contributed by atoms with E-state index in [1.54, 1.807) is 6.07 Å². The van der Waals surface area contributed by atoms with Gasteiger partial charge in [0.15, 0.2) is 0 Å². The summed E-state index contributed by atoms with van der Waals surface area (Å²) < 4.78 is 0. The summed E-state index contributed by atoms with van der Waals surface area (Å²) in [4.78, 5) is 25.3. The summed E-state index contributed by atoms with van der Waals surface area (Å²) in [6.07, 6.45) is 7.09. The minimum atomic E-state index is -0.589. The minimum Gasteiger partial charge on any atom is -0.353 e. The van der Waals surface area contributed by atoms with Crippen LogP contribution in [0, 0.1) is 12.3 Å². The van der Waals surface area contributed by atoms with Gasteiger partial charge in [0.2, 0.25) is 11.8 Å². The maximum Gasteiger partial charge on any atom is 0.231 e. The van der Waals surface area contributed by atoms with Gasteiger partial charge in [-0.25, -0.2) is 0 Å². The Balaban J connectivity index is 1.72. The highest BCUT2D eigenvalue weighted by Crippen LogP contribution is 2.41. The van der Waals surface area contributed by atoms with Crippen molar-refractivity contribution in [2.24, 2.45) is 5.41 Å². The molecule has 0 radical (unpaired) electrons. The first-order valence-electron chi connectivity index (χ1n) is 8.85. The zero-order valence-corrected chi connectivity index (χ0v) is 14.9. The van der Waals surface area contributed by atoms with Crippen LogP contribution in [0.1, 0.15) is 56.9 Å². The van der Waals surface area contributed by atoms with Gasteiger partial charge < -0.3 is 10.6 Å². The Labute approximate surface area is 148 Å². The molecule has 0 unspecified atom stereocenters. The predicted molar refractivity (Wildman–Crippen MR) is 96.1 cm³/mol. The molecule has 2 aliphatic carbocycles. The van der Waals surface area contributed by atoms with Crippen LogP contribution in [0.3, 0.4) is 0 Å². The fourth-order valence-electron chi connectivity index (χ4n) is 3.46. The van der Waals surface area contributed by atoms with E-state index < -0.39 is 5.41 Å². The van der Waals surface area contributed by atoms with Crippen LogP contribution in [0.2, 0.25) is 5.02 Å². The monoisotopic (exact) mass is 348 g/mol. The lowest BCUT2D eigenvalue weighted by molar-refractivity contribution is -0.134. The van der Waals surface area contributed by atoms with Crippen molar-refractivity contribution < 1.29 is 9.59 Å². The first kappa shape index (κ1) is 17.3. The summed E-state index contributed by atoms with van der Waals surface area (Å²) in [6, 6.07) is 5.86. The third kappa shape index (κ3) is 4.10. The molecule has 0 aromatic heterocycles. The molecule has 2 fully saturated rings. The van der Waals surface area contributed by atoms with Crippen molar-refractivity contribution in [2.45, 2.75) is 64.3 Å². The molecular weight excluding hydrogens is 324 g/mol. The van der Waals surface area contributed by atoms with Crippen molar-refractivity contribution >= 4 is 29.1 Å². The van der Waals surface area contributed by atoms with E-state index in [0.717, 1.165) is 50.5 Å². The molecule has 0 aliphatic heterocycles. The Kier molecular flexibility index (Phi) is 5.14. The quantitative estimate of drug-likeness (QED) is 0.837. The lowest BCUT2D eigenvalue weighted by Crippen LogP contribution is -2.42. The van der Waals surface area contributed by atoms with Gasteiger partial charge in [0.25, 0.3) is 0 Å². The number of halogens is 1. The number of benzene rings is 1. The van der Waals surface area contributed by atoms with Crippen LogP contribution in [0.15, 0.2) is 18.2 Å². The number of aryl methyl sites for hydroxylation is 1. The van der Waals surface area contributed by atoms with Gasteiger partial charge in [-0.1, -0.05) is 36.9 Å². The number of amides is 2. The van der Waals surface area contributed by atoms with Crippen LogP contribution in [-0.4, -0.2) is 17.9 Å². The molecule has 0 bridgehead atoms. The van der Waals surface area contributed by atoms with Crippen molar-refractivity contribution in [3.63, 3.8) is 0 Å². The van der Waals surface area contributed by atoms with E-state index in [0.29, 0.717) is 16.8 Å². The molecule has 24 heavy (non-hydrogen) atoms. The molecule has 5 heteroatoms. The molecule has 0 saturated heterocycles. The molecule has 1 aromatic carbocycles. The summed E-state index contributed by atoms with van der Waals surface area (Å²) >= 11 is 6.15. The zero-order valence-electron chi connectivity index (χ0n) is 14.2. The Hall–Kier alpha value is -1.55. The maximum absolute atomic E-state index is 13.0. The van der Waals surface area contributed by atoms with Gasteiger partial charge >= 0.3 is 0 Å². The average molecular weight is 349 g/mol. The van der Waals surface area contributed by atoms with Crippen LogP contribution < -0.4 is 10.6 Å². The molecule has 2 amide bonds. The van der Waals surface area contributed by atoms with Gasteiger partial charge in [-0.15, -0.1) is 0 Å². The van der Waals surface area contributed by atoms with E-state index in [1.807, 2.05) is 19.1 Å². The van der Waals surface area contributed by atoms with Crippen molar-refractivity contribution in [1.29, 1.82) is 0 Å². The molecule has 130 valence electrons. The van der Waals surface area contributed by atoms with Crippen molar-refractivity contribution in [2.75, 3.05) is 5.32 Å². The number of hydrogen-bond donors (Lipinski definition) is 2. The third-order valence-corrected chi connectivity index (χ3v) is 5.57. The summed E-state index contributed by atoms with van der Waals surface area (Å²) in [5.41, 5.74) is 1.09. The third-order valence-electron chi connectivity index (χ3n) is 5.16. The number of nitrogens with one attached hydrogen (secondary N) is 2. The second-order valence-corrected chi connectivity index (χ2v) is 7.68. The average Bonchev–Trinajstić information content (AvgIpc) is 3.35. The largest absolute Gasteiger partial charge is 0.353 e. The molecule has 2 N–H and O–H groups in total. The molecule has 4 nitrogen and oxygen atoms in total. The van der Waals surface area contributed by atoms with E-state index in [2.05, 4.69) is 10.6 Å². The SMILES string of the molecule is Cc1ccc(NC(=O)C2(CC(=O)NC3CC3)CCCCC2)cc1Cl. The summed E-state index contributed by atoms with van der Waals surface area (Å²) in [5, 5.41) is 6.65. The Morgan fingerprint density at radius 1 is 1.21 bits per heavy atom. The van der Waals surface area contributed by atoms with Crippen molar-refractivity contribution in [3.8, 4) is 0 Å². The van der Waals surface area contributed by atoms with Crippen LogP contribution in [0.25, 0.3) is 0 Å². The lowest BCUT2D eigenvalue weighted by Gasteiger charge is -2.35. The molecule has 0 spiro atoms. The Morgan fingerprint density at radius 3 is 2.54 bits per heavy atom. The standard InChI is InChI=1S/C19H25ClN2O2/c1-13-5-6-15(11-16(13)20)22-18(24)19(9-3-2-4-10-19)12-17(23)21-14-7-8-14/h5-6,11,14H,2-4,7-10,12H2,1H3,(H,21,23)(H,22,24). The van der Waals surface area contributed by atoms with E-state index in [1.165, 1.54) is 0 Å². The van der Waals surface area contributed by atoms with Crippen molar-refractivity contribution in [3.05, 3.63) is 28.8 Å². The molecule has 0 atom stereocenters. The van der Waals surface area contributed by atoms with Crippen molar-refractivity contribution in [1.82, 2.24) is 5.32 Å². The zero-order chi connectivity index (χ0) is 17.2. The van der Waals surface area contributed by atoms with E-state index >= 15 is 0 Å². The second-order valence-electron chi connectivity index (χ2n) is 7.28. The van der Waals surface area contributed by atoms with E-state index in [-0.39, 0.29) is 18.2 Å². The first-order chi connectivity index (χ1) is 11.5. The summed E-state index contributed by atoms with van der Waals surface area (Å²) in [7, 11) is 0. The highest BCUT2D eigenvalue weighted by molar-refractivity contribution is 6.31. The Bertz CT molecular complexity index is 634. The topological polar surface area (TPSA) is 58.2 Å². The van der Waals surface area contributed by atoms with Crippen LogP contribution in [0.4, 0.5) is 5.69 Å². The molecular formula is C19H25ClN2O2. The van der Waals surface area contributed by atoms with Gasteiger partial charge in [0.1, 0.15) is 0 Å². The molecule has 2 aliphatic rings. The molecule has 2 saturated carbocycles. The fourth-order valence-corrected chi connectivity index (χ4v) is 3.64. The number of carbonyl (C=O) groups excluding carboxylic acids is 2. The predicted octanol–water partition coefficient (Wildman–Crippen LogP) is 4.21. The van der Waals surface area contributed by atoms with E-state index in [9.17, 15) is 9.59 Å². The molecule has 0 heterocycles. The summed E-state index contributed by atoms with van der Waals surface area (Å²) in [5.74, 6) is -0.0374. The minimum absolute atomic E-state index is 0.0106. The first-order valence-corrected chi connectivity index (χ1v) is 9.23. The number of hydrogen-bond acceptors (Lipinski definition) is 2. The highest BCUT2D eigenvalue weighted by atomic mass is 35.5. The number of carbonyl (C=O) groups is 2. The number of rotatable bonds is 5. The Morgan fingerprint density at radius 2 is 1.92 bits per heavy atom. The van der Waals surface area contributed by atoms with Crippen LogP contribution in [0.5, 0.6) is 0 Å². The smallest absolute Gasteiger partial charge is 0.231 e. The summed E-state index contributed by atoms with van der Waals surface area (Å²) in [6.45, 7) is 1.93. The van der Waals surface area contributed by atoms with E-state index in [4.69, 9.17) is 11.6 Å². The second kappa shape index (κ2) is 7.14. The molecule has 3 rings (SSSR count). The lowest BCUT2D eigenvalue weighted by atomic mass is 9.70. The van der Waals surface area contributed by atoms with Gasteiger partial charge in [-0.2, -0.15) is 0 Å². The van der Waals surface area contributed by atoms with Gasteiger partial charge in [-0.05, 0) is 50.3 Å².